The molecule has 5 rings (SSSR count). The van der Waals surface area contributed by atoms with Gasteiger partial charge in [0, 0.05) is 43.3 Å². The number of hydrogen-bond acceptors (Lipinski definition) is 7. The molecule has 1 aromatic carbocycles. The molecule has 0 radical (unpaired) electrons. The minimum Gasteiger partial charge on any atom is -0.351 e. The predicted molar refractivity (Wildman–Crippen MR) is 157 cm³/mol. The molecule has 2 saturated heterocycles. The highest BCUT2D eigenvalue weighted by Crippen LogP contribution is 2.30. The third-order valence-electron chi connectivity index (χ3n) is 7.32. The van der Waals surface area contributed by atoms with Gasteiger partial charge in [-0.05, 0) is 54.5 Å². The topological polar surface area (TPSA) is 108 Å². The van der Waals surface area contributed by atoms with Crippen LogP contribution >= 0.6 is 43.9 Å². The maximum atomic E-state index is 11.7. The van der Waals surface area contributed by atoms with Gasteiger partial charge in [0.05, 0.1) is 11.6 Å². The van der Waals surface area contributed by atoms with Gasteiger partial charge in [-0.2, -0.15) is 5.26 Å². The normalized spacial score (nSPS) is 19.9. The number of piperazine rings is 1. The van der Waals surface area contributed by atoms with E-state index in [1.165, 1.54) is 4.43 Å². The number of nitrogens with one attached hydrogen (secondary N) is 2. The molecule has 0 saturated carbocycles. The van der Waals surface area contributed by atoms with Gasteiger partial charge >= 0.3 is 5.69 Å². The van der Waals surface area contributed by atoms with Crippen LogP contribution in [0.3, 0.4) is 0 Å². The van der Waals surface area contributed by atoms with Crippen LogP contribution in [-0.2, 0) is 6.54 Å². The molecule has 2 fully saturated rings. The first-order chi connectivity index (χ1) is 17.9. The standard InChI is InChI=1S/C25H29Cl2IN8O/c1-28-7-4-20-15-35(24-21(27)30-22-23(31-24)33-25(37)32-22)10-11-36(20)19-5-8-34(9-6-19)14-16-2-3-18(26)12-17(16)13-29/h2-3,12,19-20H,1,4-11,14-15H2,(H2,30,31,32,33,37)/t20-/m0/s1. The Balaban J connectivity index is 1.25. The van der Waals surface area contributed by atoms with Crippen molar-refractivity contribution >= 4 is 65.6 Å². The van der Waals surface area contributed by atoms with Crippen molar-refractivity contribution in [2.45, 2.75) is 37.9 Å². The zero-order chi connectivity index (χ0) is 25.9. The number of anilines is 1. The van der Waals surface area contributed by atoms with Gasteiger partial charge in [-0.25, -0.2) is 14.8 Å². The number of rotatable bonds is 7. The van der Waals surface area contributed by atoms with Crippen molar-refractivity contribution < 1.29 is 0 Å². The molecule has 2 aliphatic rings. The van der Waals surface area contributed by atoms with Gasteiger partial charge < -0.3 is 4.90 Å². The van der Waals surface area contributed by atoms with E-state index in [4.69, 9.17) is 23.2 Å². The van der Waals surface area contributed by atoms with E-state index in [2.05, 4.69) is 45.2 Å². The van der Waals surface area contributed by atoms with Gasteiger partial charge in [0.25, 0.3) is 0 Å². The van der Waals surface area contributed by atoms with Crippen molar-refractivity contribution in [1.82, 2.24) is 29.7 Å². The summed E-state index contributed by atoms with van der Waals surface area (Å²) in [7, 11) is 0. The number of H-pyrrole nitrogens is 2. The SMILES string of the molecule is C=ICC[C@H]1CN(c2nc3[nH]c(=O)[nH]c3nc2Cl)CCN1C1CCN(Cc2ccc(Cl)cc2C#N)CC1. The van der Waals surface area contributed by atoms with Crippen LogP contribution in [0.4, 0.5) is 5.82 Å². The quantitative estimate of drug-likeness (QED) is 0.295. The number of aromatic amines is 2. The van der Waals surface area contributed by atoms with Crippen molar-refractivity contribution in [2.24, 2.45) is 0 Å². The molecular weight excluding hydrogens is 626 g/mol. The first-order valence-electron chi connectivity index (χ1n) is 12.3. The largest absolute Gasteiger partial charge is 0.351 e. The van der Waals surface area contributed by atoms with Crippen LogP contribution in [0, 0.1) is 11.3 Å². The number of likely N-dealkylation sites (tertiary alicyclic amines) is 1. The monoisotopic (exact) mass is 654 g/mol. The molecule has 0 aliphatic carbocycles. The summed E-state index contributed by atoms with van der Waals surface area (Å²) >= 11 is 12.5. The van der Waals surface area contributed by atoms with E-state index in [1.807, 2.05) is 12.1 Å². The summed E-state index contributed by atoms with van der Waals surface area (Å²) in [5.74, 6) is 0.629. The van der Waals surface area contributed by atoms with Crippen molar-refractivity contribution in [2.75, 3.05) is 42.1 Å². The Morgan fingerprint density at radius 3 is 2.62 bits per heavy atom. The highest BCUT2D eigenvalue weighted by molar-refractivity contribution is 14.2. The van der Waals surface area contributed by atoms with Crippen LogP contribution in [0.2, 0.25) is 10.2 Å². The lowest BCUT2D eigenvalue weighted by Gasteiger charge is -2.48. The molecular formula is C25H29Cl2IN8O. The van der Waals surface area contributed by atoms with E-state index in [1.54, 1.807) is 6.07 Å². The average Bonchev–Trinajstić information content (AvgIpc) is 3.27. The number of aromatic nitrogens is 4. The summed E-state index contributed by atoms with van der Waals surface area (Å²) in [6.45, 7) is 5.34. The van der Waals surface area contributed by atoms with Crippen molar-refractivity contribution in [1.29, 1.82) is 5.26 Å². The Kier molecular flexibility index (Phi) is 8.46. The lowest BCUT2D eigenvalue weighted by molar-refractivity contribution is 0.0617. The zero-order valence-electron chi connectivity index (χ0n) is 20.4. The lowest BCUT2D eigenvalue weighted by Crippen LogP contribution is -2.58. The molecule has 1 atom stereocenters. The molecule has 12 heteroatoms. The Morgan fingerprint density at radius 1 is 1.14 bits per heavy atom. The molecule has 196 valence electrons. The zero-order valence-corrected chi connectivity index (χ0v) is 24.1. The maximum Gasteiger partial charge on any atom is 0.326 e. The number of imidazole rings is 1. The van der Waals surface area contributed by atoms with Crippen LogP contribution in [0.1, 0.15) is 30.4 Å². The number of alkyl halides is 1. The number of nitrogens with zero attached hydrogens (tertiary/aromatic N) is 6. The first-order valence-corrected chi connectivity index (χ1v) is 16.2. The fourth-order valence-electron chi connectivity index (χ4n) is 5.47. The van der Waals surface area contributed by atoms with E-state index in [-0.39, 0.29) is 26.4 Å². The van der Waals surface area contributed by atoms with Crippen LogP contribution in [0.5, 0.6) is 0 Å². The molecule has 2 N–H and O–H groups in total. The number of fused-ring (bicyclic) bond motifs is 1. The minimum atomic E-state index is -0.337. The summed E-state index contributed by atoms with van der Waals surface area (Å²) in [6, 6.07) is 8.78. The molecule has 9 nitrogen and oxygen atoms in total. The third kappa shape index (κ3) is 6.01. The van der Waals surface area contributed by atoms with E-state index in [0.29, 0.717) is 44.9 Å². The highest BCUT2D eigenvalue weighted by Gasteiger charge is 2.35. The summed E-state index contributed by atoms with van der Waals surface area (Å²) < 4.78 is 5.33. The Labute approximate surface area is 235 Å². The molecule has 0 unspecified atom stereocenters. The van der Waals surface area contributed by atoms with Gasteiger partial charge in [0.15, 0.2) is 22.3 Å². The van der Waals surface area contributed by atoms with Gasteiger partial charge in [-0.15, -0.1) is 20.7 Å². The second-order valence-corrected chi connectivity index (χ2v) is 12.5. The van der Waals surface area contributed by atoms with Gasteiger partial charge in [0.2, 0.25) is 0 Å². The van der Waals surface area contributed by atoms with E-state index >= 15 is 0 Å². The van der Waals surface area contributed by atoms with Gasteiger partial charge in [-0.3, -0.25) is 19.8 Å². The number of piperidine rings is 1. The molecule has 0 amide bonds. The highest BCUT2D eigenvalue weighted by atomic mass is 127. The fourth-order valence-corrected chi connectivity index (χ4v) is 7.05. The van der Waals surface area contributed by atoms with Crippen molar-refractivity contribution in [3.05, 3.63) is 50.0 Å². The molecule has 0 bridgehead atoms. The fraction of sp³-hybridized carbons (Fsp3) is 0.480. The molecule has 4 heterocycles. The predicted octanol–water partition coefficient (Wildman–Crippen LogP) is 3.77. The number of nitriles is 1. The summed E-state index contributed by atoms with van der Waals surface area (Å²) in [5.41, 5.74) is 2.17. The maximum absolute atomic E-state index is 11.7. The van der Waals surface area contributed by atoms with E-state index in [9.17, 15) is 10.1 Å². The number of benzene rings is 1. The second-order valence-electron chi connectivity index (χ2n) is 9.54. The van der Waals surface area contributed by atoms with Gasteiger partial charge in [-0.1, -0.05) is 33.8 Å². The van der Waals surface area contributed by atoms with E-state index in [0.717, 1.165) is 64.1 Å². The molecule has 3 aromatic rings. The first kappa shape index (κ1) is 26.6. The molecule has 37 heavy (non-hydrogen) atoms. The lowest BCUT2D eigenvalue weighted by atomic mass is 9.97. The van der Waals surface area contributed by atoms with Crippen LogP contribution < -0.4 is 10.6 Å². The molecule has 2 aliphatic heterocycles. The Morgan fingerprint density at radius 2 is 1.89 bits per heavy atom. The number of halogens is 3. The van der Waals surface area contributed by atoms with Crippen molar-refractivity contribution in [3.8, 4) is 6.07 Å². The van der Waals surface area contributed by atoms with Crippen LogP contribution in [0.25, 0.3) is 11.3 Å². The van der Waals surface area contributed by atoms with Crippen LogP contribution in [0.15, 0.2) is 23.0 Å². The molecule has 0 spiro atoms. The average molecular weight is 655 g/mol. The second kappa shape index (κ2) is 11.8. The van der Waals surface area contributed by atoms with Crippen LogP contribution in [-0.4, -0.2) is 83.5 Å². The smallest absolute Gasteiger partial charge is 0.326 e. The summed E-state index contributed by atoms with van der Waals surface area (Å²) in [5, 5.41) is 10.4. The minimum absolute atomic E-state index is 0.0360. The Bertz CT molecular complexity index is 1380. The number of hydrogen-bond donors (Lipinski definition) is 2. The van der Waals surface area contributed by atoms with Crippen molar-refractivity contribution in [3.63, 3.8) is 0 Å². The van der Waals surface area contributed by atoms with Gasteiger partial charge in [0.1, 0.15) is 0 Å². The Hall–Kier alpha value is -2.04. The van der Waals surface area contributed by atoms with E-state index < -0.39 is 0 Å². The third-order valence-corrected chi connectivity index (χ3v) is 9.19. The molecule has 2 aromatic heterocycles. The summed E-state index contributed by atoms with van der Waals surface area (Å²) in [4.78, 5) is 33.3. The summed E-state index contributed by atoms with van der Waals surface area (Å²) in [6.07, 6.45) is 3.31.